The smallest absolute Gasteiger partial charge is 0.402 e. The van der Waals surface area contributed by atoms with E-state index in [1.165, 1.54) is 31.4 Å². The van der Waals surface area contributed by atoms with Crippen LogP contribution in [0, 0.1) is 0 Å². The zero-order chi connectivity index (χ0) is 17.1. The predicted molar refractivity (Wildman–Crippen MR) is 76.8 cm³/mol. The molecule has 1 aliphatic rings. The minimum Gasteiger partial charge on any atom is -0.497 e. The molecule has 1 saturated heterocycles. The Kier molecular flexibility index (Phi) is 5.53. The van der Waals surface area contributed by atoms with Gasteiger partial charge in [-0.15, -0.1) is 0 Å². The fourth-order valence-electron chi connectivity index (χ4n) is 2.46. The molecule has 5 nitrogen and oxygen atoms in total. The molecule has 0 atom stereocenters. The van der Waals surface area contributed by atoms with Gasteiger partial charge >= 0.3 is 6.18 Å². The van der Waals surface area contributed by atoms with E-state index < -0.39 is 28.8 Å². The van der Waals surface area contributed by atoms with Crippen molar-refractivity contribution in [2.24, 2.45) is 0 Å². The molecule has 0 unspecified atom stereocenters. The molecular weight excluding hydrogens is 335 g/mol. The van der Waals surface area contributed by atoms with Gasteiger partial charge in [-0.2, -0.15) is 17.5 Å². The maximum Gasteiger partial charge on any atom is 0.402 e. The van der Waals surface area contributed by atoms with E-state index in [4.69, 9.17) is 9.47 Å². The molecule has 1 aromatic carbocycles. The Morgan fingerprint density at radius 1 is 1.30 bits per heavy atom. The molecule has 0 amide bonds. The predicted octanol–water partition coefficient (Wildman–Crippen LogP) is 2.43. The molecule has 9 heteroatoms. The summed E-state index contributed by atoms with van der Waals surface area (Å²) in [5.74, 6) is 0.269. The van der Waals surface area contributed by atoms with Crippen LogP contribution in [-0.2, 0) is 14.8 Å². The summed E-state index contributed by atoms with van der Waals surface area (Å²) in [6.45, 7) is -1.03. The Hall–Kier alpha value is -1.32. The van der Waals surface area contributed by atoms with Crippen molar-refractivity contribution in [3.8, 4) is 5.75 Å². The summed E-state index contributed by atoms with van der Waals surface area (Å²) >= 11 is 0. The highest BCUT2D eigenvalue weighted by Crippen LogP contribution is 2.29. The van der Waals surface area contributed by atoms with Crippen molar-refractivity contribution in [2.45, 2.75) is 30.0 Å². The van der Waals surface area contributed by atoms with Crippen LogP contribution in [0.25, 0.3) is 0 Å². The largest absolute Gasteiger partial charge is 0.497 e. The van der Waals surface area contributed by atoms with Crippen LogP contribution in [0.3, 0.4) is 0 Å². The lowest BCUT2D eigenvalue weighted by Crippen LogP contribution is -2.47. The van der Waals surface area contributed by atoms with E-state index in [-0.39, 0.29) is 36.7 Å². The van der Waals surface area contributed by atoms with Gasteiger partial charge in [0.25, 0.3) is 0 Å². The van der Waals surface area contributed by atoms with E-state index in [2.05, 4.69) is 0 Å². The van der Waals surface area contributed by atoms with E-state index in [9.17, 15) is 21.6 Å². The second-order valence-electron chi connectivity index (χ2n) is 5.19. The maximum atomic E-state index is 12.9. The van der Waals surface area contributed by atoms with Crippen molar-refractivity contribution in [3.63, 3.8) is 0 Å². The van der Waals surface area contributed by atoms with Crippen LogP contribution in [0.1, 0.15) is 12.8 Å². The first-order valence-corrected chi connectivity index (χ1v) is 8.48. The number of benzene rings is 1. The van der Waals surface area contributed by atoms with Crippen LogP contribution in [0.5, 0.6) is 5.75 Å². The lowest BCUT2D eigenvalue weighted by Gasteiger charge is -2.33. The van der Waals surface area contributed by atoms with Crippen LogP contribution in [0.2, 0.25) is 0 Å². The van der Waals surface area contributed by atoms with E-state index >= 15 is 0 Å². The molecule has 1 fully saturated rings. The van der Waals surface area contributed by atoms with Crippen LogP contribution in [0.15, 0.2) is 29.2 Å². The number of methoxy groups -OCH3 is 1. The van der Waals surface area contributed by atoms with E-state index in [0.717, 1.165) is 0 Å². The zero-order valence-corrected chi connectivity index (χ0v) is 13.4. The first kappa shape index (κ1) is 18.0. The average Bonchev–Trinajstić information content (AvgIpc) is 2.52. The molecule has 0 bridgehead atoms. The Bertz CT molecular complexity index is 627. The van der Waals surface area contributed by atoms with Crippen molar-refractivity contribution in [3.05, 3.63) is 24.3 Å². The van der Waals surface area contributed by atoms with E-state index in [1.807, 2.05) is 0 Å². The van der Waals surface area contributed by atoms with Crippen LogP contribution in [0.4, 0.5) is 13.2 Å². The van der Waals surface area contributed by atoms with Gasteiger partial charge in [-0.1, -0.05) is 6.07 Å². The van der Waals surface area contributed by atoms with Crippen molar-refractivity contribution < 1.29 is 31.1 Å². The molecule has 0 radical (unpaired) electrons. The molecule has 1 aromatic rings. The lowest BCUT2D eigenvalue weighted by molar-refractivity contribution is -0.141. The number of ether oxygens (including phenoxy) is 2. The van der Waals surface area contributed by atoms with Gasteiger partial charge in [-0.3, -0.25) is 0 Å². The Morgan fingerprint density at radius 3 is 2.52 bits per heavy atom. The third-order valence-electron chi connectivity index (χ3n) is 3.58. The molecular formula is C14H18F3NO4S. The fraction of sp³-hybridized carbons (Fsp3) is 0.571. The summed E-state index contributed by atoms with van der Waals surface area (Å²) in [6, 6.07) is 4.71. The van der Waals surface area contributed by atoms with Gasteiger partial charge in [0.05, 0.1) is 12.0 Å². The quantitative estimate of drug-likeness (QED) is 0.816. The third-order valence-corrected chi connectivity index (χ3v) is 5.48. The summed E-state index contributed by atoms with van der Waals surface area (Å²) in [7, 11) is -2.93. The molecule has 0 aromatic heterocycles. The second kappa shape index (κ2) is 7.06. The molecule has 1 heterocycles. The van der Waals surface area contributed by atoms with Crippen molar-refractivity contribution in [1.82, 2.24) is 4.31 Å². The highest BCUT2D eigenvalue weighted by Gasteiger charge is 2.41. The molecule has 1 aliphatic heterocycles. The number of halogens is 3. The van der Waals surface area contributed by atoms with Gasteiger partial charge in [0.15, 0.2) is 0 Å². The zero-order valence-electron chi connectivity index (χ0n) is 12.5. The summed E-state index contributed by atoms with van der Waals surface area (Å²) in [5.41, 5.74) is 0. The Labute approximate surface area is 133 Å². The minimum atomic E-state index is -4.62. The standard InChI is InChI=1S/C14H18F3NO4S/c1-21-12-3-2-4-13(9-12)23(19,20)18(10-14(15,16)17)11-5-7-22-8-6-11/h2-4,9,11H,5-8,10H2,1H3. The number of alkyl halides is 3. The molecule has 0 saturated carbocycles. The third kappa shape index (κ3) is 4.58. The van der Waals surface area contributed by atoms with Gasteiger partial charge < -0.3 is 9.47 Å². The first-order valence-electron chi connectivity index (χ1n) is 7.04. The first-order chi connectivity index (χ1) is 10.7. The van der Waals surface area contributed by atoms with Gasteiger partial charge in [0.1, 0.15) is 12.3 Å². The van der Waals surface area contributed by atoms with Crippen LogP contribution in [-0.4, -0.2) is 51.8 Å². The monoisotopic (exact) mass is 353 g/mol. The number of rotatable bonds is 5. The minimum absolute atomic E-state index is 0.215. The molecule has 0 spiro atoms. The fourth-order valence-corrected chi connectivity index (χ4v) is 4.16. The van der Waals surface area contributed by atoms with E-state index in [1.54, 1.807) is 0 Å². The molecule has 0 aliphatic carbocycles. The topological polar surface area (TPSA) is 55.8 Å². The normalized spacial score (nSPS) is 17.4. The second-order valence-corrected chi connectivity index (χ2v) is 7.08. The number of hydrogen-bond donors (Lipinski definition) is 0. The van der Waals surface area contributed by atoms with Crippen molar-refractivity contribution in [1.29, 1.82) is 0 Å². The van der Waals surface area contributed by atoms with Gasteiger partial charge in [0, 0.05) is 25.3 Å². The molecule has 23 heavy (non-hydrogen) atoms. The molecule has 0 N–H and O–H groups in total. The number of sulfonamides is 1. The number of hydrogen-bond acceptors (Lipinski definition) is 4. The molecule has 130 valence electrons. The Morgan fingerprint density at radius 2 is 1.96 bits per heavy atom. The van der Waals surface area contributed by atoms with Gasteiger partial charge in [-0.05, 0) is 25.0 Å². The number of nitrogens with zero attached hydrogens (tertiary/aromatic N) is 1. The summed E-state index contributed by atoms with van der Waals surface area (Å²) in [6.07, 6.45) is -4.15. The maximum absolute atomic E-state index is 12.9. The van der Waals surface area contributed by atoms with Crippen LogP contribution >= 0.6 is 0 Å². The Balaban J connectivity index is 2.38. The summed E-state index contributed by atoms with van der Waals surface area (Å²) in [5, 5.41) is 0. The average molecular weight is 353 g/mol. The van der Waals surface area contributed by atoms with E-state index in [0.29, 0.717) is 4.31 Å². The van der Waals surface area contributed by atoms with Crippen molar-refractivity contribution in [2.75, 3.05) is 26.9 Å². The summed E-state index contributed by atoms with van der Waals surface area (Å²) in [4.78, 5) is -0.215. The summed E-state index contributed by atoms with van der Waals surface area (Å²) < 4.78 is 74.7. The highest BCUT2D eigenvalue weighted by atomic mass is 32.2. The SMILES string of the molecule is COc1cccc(S(=O)(=O)N(CC(F)(F)F)C2CCOCC2)c1. The van der Waals surface area contributed by atoms with Gasteiger partial charge in [0.2, 0.25) is 10.0 Å². The lowest BCUT2D eigenvalue weighted by atomic mass is 10.1. The highest BCUT2D eigenvalue weighted by molar-refractivity contribution is 7.89. The molecule has 2 rings (SSSR count). The van der Waals surface area contributed by atoms with Crippen molar-refractivity contribution >= 4 is 10.0 Å². The van der Waals surface area contributed by atoms with Gasteiger partial charge in [-0.25, -0.2) is 8.42 Å². The van der Waals surface area contributed by atoms with Crippen LogP contribution < -0.4 is 4.74 Å².